The molecule has 1 N–H and O–H groups in total. The maximum Gasteiger partial charge on any atom is 0.312 e. The number of hydrogen-bond acceptors (Lipinski definition) is 8. The number of para-hydroxylation sites is 1. The number of unbranched alkanes of at least 4 members (excludes halogenated alkanes) is 2. The molecule has 0 aliphatic carbocycles. The number of likely N-dealkylation sites (tertiary alicyclic amines) is 1. The standard InChI is InChI=1S/C27H34BrN5O6/c1-3-12-31(16-33-19-11-7-6-10-18(19)29-30-33)25(36)23-27-15-17(28)22(39-27)20(26(37)38-4-2)21(27)24(35)32(23)13-8-5-9-14-34/h3,6-7,10-11,17,20-23,34H,1,4-5,8-9,12-16H2,2H3/t17?,20-,21-,22-,23?,27?/m0/s1. The van der Waals surface area contributed by atoms with Crippen LogP contribution < -0.4 is 0 Å². The normalized spacial score (nSPS) is 29.2. The van der Waals surface area contributed by atoms with Crippen molar-refractivity contribution < 1.29 is 29.0 Å². The van der Waals surface area contributed by atoms with Gasteiger partial charge in [-0.2, -0.15) is 0 Å². The predicted octanol–water partition coefficient (Wildman–Crippen LogP) is 1.88. The molecule has 12 heteroatoms. The van der Waals surface area contributed by atoms with Gasteiger partial charge in [-0.25, -0.2) is 4.68 Å². The van der Waals surface area contributed by atoms with Crippen molar-refractivity contribution in [3.05, 3.63) is 36.9 Å². The van der Waals surface area contributed by atoms with Crippen LogP contribution in [0.5, 0.6) is 0 Å². The van der Waals surface area contributed by atoms with E-state index in [1.165, 1.54) is 0 Å². The summed E-state index contributed by atoms with van der Waals surface area (Å²) in [6, 6.07) is 6.56. The van der Waals surface area contributed by atoms with Crippen LogP contribution in [-0.2, 0) is 30.5 Å². The number of aliphatic hydroxyl groups excluding tert-OH is 1. The summed E-state index contributed by atoms with van der Waals surface area (Å²) in [4.78, 5) is 44.5. The van der Waals surface area contributed by atoms with Gasteiger partial charge in [0.15, 0.2) is 0 Å². The van der Waals surface area contributed by atoms with E-state index in [4.69, 9.17) is 9.47 Å². The van der Waals surface area contributed by atoms with Crippen LogP contribution >= 0.6 is 15.9 Å². The Bertz CT molecular complexity index is 1250. The second-order valence-corrected chi connectivity index (χ2v) is 11.5. The van der Waals surface area contributed by atoms with Crippen LogP contribution in [0, 0.1) is 11.8 Å². The summed E-state index contributed by atoms with van der Waals surface area (Å²) in [5.74, 6) is -2.63. The zero-order chi connectivity index (χ0) is 27.7. The summed E-state index contributed by atoms with van der Waals surface area (Å²) in [6.07, 6.45) is 3.41. The fourth-order valence-corrected chi connectivity index (χ4v) is 7.40. The first-order valence-corrected chi connectivity index (χ1v) is 14.4. The van der Waals surface area contributed by atoms with Gasteiger partial charge in [-0.15, -0.1) is 11.7 Å². The Morgan fingerprint density at radius 2 is 2.13 bits per heavy atom. The Labute approximate surface area is 235 Å². The van der Waals surface area contributed by atoms with Gasteiger partial charge < -0.3 is 24.4 Å². The van der Waals surface area contributed by atoms with E-state index in [-0.39, 0.29) is 43.1 Å². The Kier molecular flexibility index (Phi) is 8.06. The second-order valence-electron chi connectivity index (χ2n) is 10.3. The number of rotatable bonds is 12. The molecule has 5 rings (SSSR count). The molecule has 210 valence electrons. The van der Waals surface area contributed by atoms with E-state index in [1.54, 1.807) is 27.5 Å². The van der Waals surface area contributed by atoms with Gasteiger partial charge in [0.25, 0.3) is 0 Å². The highest BCUT2D eigenvalue weighted by Crippen LogP contribution is 2.60. The van der Waals surface area contributed by atoms with E-state index in [0.717, 1.165) is 5.52 Å². The van der Waals surface area contributed by atoms with Crippen molar-refractivity contribution in [1.82, 2.24) is 24.8 Å². The molecule has 6 atom stereocenters. The molecule has 3 fully saturated rings. The minimum Gasteiger partial charge on any atom is -0.466 e. The fourth-order valence-electron chi connectivity index (χ4n) is 6.46. The number of alkyl halides is 1. The lowest BCUT2D eigenvalue weighted by Crippen LogP contribution is -2.57. The molecule has 3 saturated heterocycles. The van der Waals surface area contributed by atoms with Gasteiger partial charge in [0.1, 0.15) is 23.8 Å². The number of ether oxygens (including phenoxy) is 2. The molecule has 2 aromatic rings. The third-order valence-corrected chi connectivity index (χ3v) is 8.87. The zero-order valence-corrected chi connectivity index (χ0v) is 23.5. The number of amides is 2. The monoisotopic (exact) mass is 603 g/mol. The van der Waals surface area contributed by atoms with Crippen molar-refractivity contribution in [1.29, 1.82) is 0 Å². The molecule has 1 aromatic carbocycles. The van der Waals surface area contributed by atoms with Gasteiger partial charge in [-0.3, -0.25) is 14.4 Å². The predicted molar refractivity (Wildman–Crippen MR) is 144 cm³/mol. The largest absolute Gasteiger partial charge is 0.466 e. The summed E-state index contributed by atoms with van der Waals surface area (Å²) in [5.41, 5.74) is 0.325. The van der Waals surface area contributed by atoms with Crippen LogP contribution in [-0.4, -0.2) is 96.6 Å². The van der Waals surface area contributed by atoms with Crippen LogP contribution in [0.15, 0.2) is 36.9 Å². The Morgan fingerprint density at radius 1 is 1.33 bits per heavy atom. The topological polar surface area (TPSA) is 127 Å². The van der Waals surface area contributed by atoms with Crippen molar-refractivity contribution >= 4 is 44.7 Å². The Morgan fingerprint density at radius 3 is 2.87 bits per heavy atom. The van der Waals surface area contributed by atoms with Crippen LogP contribution in [0.1, 0.15) is 32.6 Å². The molecule has 0 saturated carbocycles. The minimum absolute atomic E-state index is 0.0584. The van der Waals surface area contributed by atoms with Crippen molar-refractivity contribution in [2.75, 3.05) is 26.3 Å². The highest BCUT2D eigenvalue weighted by Gasteiger charge is 2.77. The molecule has 39 heavy (non-hydrogen) atoms. The van der Waals surface area contributed by atoms with E-state index in [1.807, 2.05) is 24.3 Å². The van der Waals surface area contributed by atoms with Gasteiger partial charge in [0.2, 0.25) is 11.8 Å². The van der Waals surface area contributed by atoms with Crippen molar-refractivity contribution in [2.24, 2.45) is 11.8 Å². The number of carbonyl (C=O) groups is 3. The lowest BCUT2D eigenvalue weighted by Gasteiger charge is -2.37. The van der Waals surface area contributed by atoms with Gasteiger partial charge in [0, 0.05) is 24.5 Å². The molecule has 4 heterocycles. The van der Waals surface area contributed by atoms with Crippen molar-refractivity contribution in [2.45, 2.75) is 61.8 Å². The summed E-state index contributed by atoms with van der Waals surface area (Å²) < 4.78 is 13.5. The zero-order valence-electron chi connectivity index (χ0n) is 21.9. The molecule has 3 aliphatic rings. The highest BCUT2D eigenvalue weighted by molar-refractivity contribution is 9.09. The van der Waals surface area contributed by atoms with Gasteiger partial charge >= 0.3 is 5.97 Å². The lowest BCUT2D eigenvalue weighted by atomic mass is 9.70. The number of benzene rings is 1. The number of hydrogen-bond donors (Lipinski definition) is 1. The summed E-state index contributed by atoms with van der Waals surface area (Å²) >= 11 is 3.67. The molecule has 3 aliphatic heterocycles. The van der Waals surface area contributed by atoms with Crippen LogP contribution in [0.25, 0.3) is 11.0 Å². The maximum atomic E-state index is 14.4. The Hall–Kier alpha value is -2.83. The quantitative estimate of drug-likeness (QED) is 0.169. The average molecular weight is 605 g/mol. The molecule has 11 nitrogen and oxygen atoms in total. The van der Waals surface area contributed by atoms with Gasteiger partial charge in [-0.1, -0.05) is 39.4 Å². The number of esters is 1. The molecule has 3 unspecified atom stereocenters. The average Bonchev–Trinajstić information content (AvgIpc) is 3.64. The number of aliphatic hydroxyl groups is 1. The Balaban J connectivity index is 1.51. The first-order chi connectivity index (χ1) is 18.9. The summed E-state index contributed by atoms with van der Waals surface area (Å²) in [7, 11) is 0. The fraction of sp³-hybridized carbons (Fsp3) is 0.593. The number of aromatic nitrogens is 3. The molecule has 0 radical (unpaired) electrons. The van der Waals surface area contributed by atoms with Gasteiger partial charge in [-0.05, 0) is 44.7 Å². The van der Waals surface area contributed by atoms with E-state index in [0.29, 0.717) is 37.7 Å². The van der Waals surface area contributed by atoms with E-state index >= 15 is 0 Å². The smallest absolute Gasteiger partial charge is 0.312 e. The summed E-state index contributed by atoms with van der Waals surface area (Å²) in [5, 5.41) is 17.7. The molecular formula is C27H34BrN5O6. The molecule has 1 spiro atoms. The first-order valence-electron chi connectivity index (χ1n) is 13.5. The van der Waals surface area contributed by atoms with E-state index in [2.05, 4.69) is 32.8 Å². The van der Waals surface area contributed by atoms with Crippen molar-refractivity contribution in [3.8, 4) is 0 Å². The van der Waals surface area contributed by atoms with Crippen LogP contribution in [0.4, 0.5) is 0 Å². The third-order valence-electron chi connectivity index (χ3n) is 8.03. The number of halogens is 1. The summed E-state index contributed by atoms with van der Waals surface area (Å²) in [6.45, 7) is 6.46. The molecule has 2 amide bonds. The molecule has 2 bridgehead atoms. The molecule has 1 aromatic heterocycles. The SMILES string of the molecule is C=CCN(Cn1nnc2ccccc21)C(=O)C1N(CCCCCO)C(=O)[C@@H]2[C@H](C(=O)OCC)[C@H]3OC12CC3Br. The second kappa shape index (κ2) is 11.3. The molecular weight excluding hydrogens is 570 g/mol. The number of fused-ring (bicyclic) bond motifs is 2. The maximum absolute atomic E-state index is 14.4. The first kappa shape index (κ1) is 27.7. The van der Waals surface area contributed by atoms with Crippen molar-refractivity contribution in [3.63, 3.8) is 0 Å². The minimum atomic E-state index is -1.16. The number of carbonyl (C=O) groups excluding carboxylic acids is 3. The van der Waals surface area contributed by atoms with E-state index in [9.17, 15) is 19.5 Å². The lowest BCUT2D eigenvalue weighted by molar-refractivity contribution is -0.155. The van der Waals surface area contributed by atoms with E-state index < -0.39 is 35.6 Å². The number of nitrogens with zero attached hydrogens (tertiary/aromatic N) is 5. The van der Waals surface area contributed by atoms with Crippen LogP contribution in [0.3, 0.4) is 0 Å². The van der Waals surface area contributed by atoms with Crippen LogP contribution in [0.2, 0.25) is 0 Å². The highest BCUT2D eigenvalue weighted by atomic mass is 79.9. The third kappa shape index (κ3) is 4.66. The van der Waals surface area contributed by atoms with Gasteiger partial charge in [0.05, 0.1) is 30.1 Å².